The molecule has 1 saturated heterocycles. The molecule has 0 N–H and O–H groups in total. The van der Waals surface area contributed by atoms with Crippen molar-refractivity contribution >= 4 is 5.78 Å². The molecule has 17 heavy (non-hydrogen) atoms. The van der Waals surface area contributed by atoms with Crippen molar-refractivity contribution in [2.24, 2.45) is 5.92 Å². The average molecular weight is 237 g/mol. The van der Waals surface area contributed by atoms with Crippen LogP contribution in [0.15, 0.2) is 0 Å². The van der Waals surface area contributed by atoms with Gasteiger partial charge in [0.05, 0.1) is 6.04 Å². The molecule has 2 heteroatoms. The summed E-state index contributed by atoms with van der Waals surface area (Å²) in [5, 5.41) is 0. The average Bonchev–Trinajstić information content (AvgIpc) is 2.68. The van der Waals surface area contributed by atoms with Crippen LogP contribution in [0.5, 0.6) is 0 Å². The molecule has 98 valence electrons. The largest absolute Gasteiger partial charge is 0.298 e. The highest BCUT2D eigenvalue weighted by molar-refractivity contribution is 5.84. The topological polar surface area (TPSA) is 20.3 Å². The summed E-state index contributed by atoms with van der Waals surface area (Å²) >= 11 is 0. The number of hydrogen-bond acceptors (Lipinski definition) is 2. The van der Waals surface area contributed by atoms with Crippen LogP contribution in [0.1, 0.15) is 64.7 Å². The van der Waals surface area contributed by atoms with Gasteiger partial charge in [-0.05, 0) is 51.1 Å². The third kappa shape index (κ3) is 3.54. The van der Waals surface area contributed by atoms with Gasteiger partial charge >= 0.3 is 0 Å². The molecule has 0 spiro atoms. The van der Waals surface area contributed by atoms with E-state index in [4.69, 9.17) is 0 Å². The molecule has 2 rings (SSSR count). The number of carbonyl (C=O) groups excluding carboxylic acids is 1. The Morgan fingerprint density at radius 1 is 1.06 bits per heavy atom. The van der Waals surface area contributed by atoms with Crippen LogP contribution in [0.25, 0.3) is 0 Å². The first-order chi connectivity index (χ1) is 8.31. The molecule has 0 bridgehead atoms. The Balaban J connectivity index is 1.93. The number of carbonyl (C=O) groups is 1. The second-order valence-electron chi connectivity index (χ2n) is 5.82. The standard InChI is InChI=1S/C15H27NO/c1-2-13-7-6-11-16(12-10-13)14-8-4-3-5-9-15(14)17/h13-14H,2-12H2,1H3. The summed E-state index contributed by atoms with van der Waals surface area (Å²) < 4.78 is 0. The van der Waals surface area contributed by atoms with Crippen molar-refractivity contribution in [3.8, 4) is 0 Å². The Hall–Kier alpha value is -0.370. The Morgan fingerprint density at radius 3 is 2.76 bits per heavy atom. The van der Waals surface area contributed by atoms with Gasteiger partial charge in [-0.15, -0.1) is 0 Å². The Labute approximate surface area is 106 Å². The van der Waals surface area contributed by atoms with E-state index >= 15 is 0 Å². The third-order valence-corrected chi connectivity index (χ3v) is 4.67. The van der Waals surface area contributed by atoms with E-state index in [1.807, 2.05) is 0 Å². The normalized spacial score (nSPS) is 33.1. The van der Waals surface area contributed by atoms with Gasteiger partial charge in [0.2, 0.25) is 0 Å². The van der Waals surface area contributed by atoms with E-state index in [1.165, 1.54) is 38.5 Å². The van der Waals surface area contributed by atoms with Crippen LogP contribution in [-0.4, -0.2) is 29.8 Å². The quantitative estimate of drug-likeness (QED) is 0.686. The van der Waals surface area contributed by atoms with E-state index in [2.05, 4.69) is 11.8 Å². The molecule has 1 aliphatic carbocycles. The molecule has 0 aromatic rings. The summed E-state index contributed by atoms with van der Waals surface area (Å²) in [6.07, 6.45) is 10.9. The van der Waals surface area contributed by atoms with Crippen molar-refractivity contribution in [2.75, 3.05) is 13.1 Å². The zero-order chi connectivity index (χ0) is 12.1. The summed E-state index contributed by atoms with van der Waals surface area (Å²) in [4.78, 5) is 14.6. The SMILES string of the molecule is CCC1CCCN(C2CCCCCC2=O)CC1. The fourth-order valence-corrected chi connectivity index (χ4v) is 3.44. The lowest BCUT2D eigenvalue weighted by atomic mass is 9.98. The number of Topliss-reactive ketones (excluding diaryl/α,β-unsaturated/α-hetero) is 1. The van der Waals surface area contributed by atoms with Crippen molar-refractivity contribution in [1.82, 2.24) is 4.90 Å². The van der Waals surface area contributed by atoms with E-state index in [0.29, 0.717) is 5.78 Å². The van der Waals surface area contributed by atoms with Gasteiger partial charge in [-0.25, -0.2) is 0 Å². The minimum Gasteiger partial charge on any atom is -0.298 e. The van der Waals surface area contributed by atoms with Crippen molar-refractivity contribution < 1.29 is 4.79 Å². The van der Waals surface area contributed by atoms with Crippen molar-refractivity contribution in [3.05, 3.63) is 0 Å². The first kappa shape index (κ1) is 13.1. The molecule has 0 aromatic heterocycles. The first-order valence-corrected chi connectivity index (χ1v) is 7.58. The molecule has 2 unspecified atom stereocenters. The van der Waals surface area contributed by atoms with E-state index in [1.54, 1.807) is 0 Å². The van der Waals surface area contributed by atoms with Crippen LogP contribution >= 0.6 is 0 Å². The smallest absolute Gasteiger partial charge is 0.149 e. The van der Waals surface area contributed by atoms with Crippen LogP contribution in [0.3, 0.4) is 0 Å². The maximum Gasteiger partial charge on any atom is 0.149 e. The van der Waals surface area contributed by atoms with Crippen LogP contribution in [0, 0.1) is 5.92 Å². The summed E-state index contributed by atoms with van der Waals surface area (Å²) in [7, 11) is 0. The summed E-state index contributed by atoms with van der Waals surface area (Å²) in [6.45, 7) is 4.62. The first-order valence-electron chi connectivity index (χ1n) is 7.58. The zero-order valence-electron chi connectivity index (χ0n) is 11.3. The van der Waals surface area contributed by atoms with Gasteiger partial charge in [-0.3, -0.25) is 9.69 Å². The zero-order valence-corrected chi connectivity index (χ0v) is 11.3. The molecule has 0 radical (unpaired) electrons. The van der Waals surface area contributed by atoms with Gasteiger partial charge in [0.15, 0.2) is 0 Å². The van der Waals surface area contributed by atoms with Crippen LogP contribution in [0.2, 0.25) is 0 Å². The van der Waals surface area contributed by atoms with Crippen molar-refractivity contribution in [3.63, 3.8) is 0 Å². The maximum absolute atomic E-state index is 12.1. The fourth-order valence-electron chi connectivity index (χ4n) is 3.44. The molecule has 1 heterocycles. The highest BCUT2D eigenvalue weighted by Gasteiger charge is 2.28. The molecule has 0 amide bonds. The number of ketones is 1. The molecule has 2 aliphatic rings. The van der Waals surface area contributed by atoms with E-state index in [0.717, 1.165) is 38.3 Å². The maximum atomic E-state index is 12.1. The van der Waals surface area contributed by atoms with Crippen LogP contribution in [0.4, 0.5) is 0 Å². The molecule has 2 nitrogen and oxygen atoms in total. The minimum absolute atomic E-state index is 0.271. The van der Waals surface area contributed by atoms with Gasteiger partial charge in [0.25, 0.3) is 0 Å². The molecular formula is C15H27NO. The molecule has 1 saturated carbocycles. The van der Waals surface area contributed by atoms with Gasteiger partial charge in [0.1, 0.15) is 5.78 Å². The summed E-state index contributed by atoms with van der Waals surface area (Å²) in [5.74, 6) is 1.43. The lowest BCUT2D eigenvalue weighted by Gasteiger charge is -2.28. The van der Waals surface area contributed by atoms with Gasteiger partial charge in [0, 0.05) is 6.42 Å². The molecule has 2 fully saturated rings. The molecular weight excluding hydrogens is 210 g/mol. The van der Waals surface area contributed by atoms with Crippen molar-refractivity contribution in [1.29, 1.82) is 0 Å². The second-order valence-corrected chi connectivity index (χ2v) is 5.82. The predicted molar refractivity (Wildman–Crippen MR) is 71.1 cm³/mol. The monoisotopic (exact) mass is 237 g/mol. The van der Waals surface area contributed by atoms with Gasteiger partial charge in [-0.2, -0.15) is 0 Å². The van der Waals surface area contributed by atoms with E-state index < -0.39 is 0 Å². The highest BCUT2D eigenvalue weighted by atomic mass is 16.1. The fraction of sp³-hybridized carbons (Fsp3) is 0.933. The minimum atomic E-state index is 0.271. The molecule has 1 aliphatic heterocycles. The lowest BCUT2D eigenvalue weighted by Crippen LogP contribution is -2.41. The molecule has 2 atom stereocenters. The number of likely N-dealkylation sites (tertiary alicyclic amines) is 1. The number of nitrogens with zero attached hydrogens (tertiary/aromatic N) is 1. The lowest BCUT2D eigenvalue weighted by molar-refractivity contribution is -0.124. The van der Waals surface area contributed by atoms with Crippen LogP contribution < -0.4 is 0 Å². The predicted octanol–water partition coefficient (Wildman–Crippen LogP) is 3.40. The Kier molecular flexibility index (Phi) is 5.02. The third-order valence-electron chi connectivity index (χ3n) is 4.67. The van der Waals surface area contributed by atoms with Crippen LogP contribution in [-0.2, 0) is 4.79 Å². The van der Waals surface area contributed by atoms with E-state index in [-0.39, 0.29) is 6.04 Å². The second kappa shape index (κ2) is 6.53. The highest BCUT2D eigenvalue weighted by Crippen LogP contribution is 2.25. The van der Waals surface area contributed by atoms with Crippen molar-refractivity contribution in [2.45, 2.75) is 70.8 Å². The molecule has 0 aromatic carbocycles. The number of hydrogen-bond donors (Lipinski definition) is 0. The number of rotatable bonds is 2. The van der Waals surface area contributed by atoms with Gasteiger partial charge < -0.3 is 0 Å². The summed E-state index contributed by atoms with van der Waals surface area (Å²) in [5.41, 5.74) is 0. The van der Waals surface area contributed by atoms with E-state index in [9.17, 15) is 4.79 Å². The Morgan fingerprint density at radius 2 is 1.94 bits per heavy atom. The van der Waals surface area contributed by atoms with Gasteiger partial charge in [-0.1, -0.05) is 26.2 Å². The Bertz CT molecular complexity index is 251. The summed E-state index contributed by atoms with van der Waals surface area (Å²) in [6, 6.07) is 0.271.